The molecule has 13 N–H and O–H groups in total. The molecule has 1 amide bonds. The van der Waals surface area contributed by atoms with Gasteiger partial charge in [-0.3, -0.25) is 4.79 Å². The van der Waals surface area contributed by atoms with Crippen LogP contribution in [-0.2, 0) is 38.0 Å². The zero-order valence-electron chi connectivity index (χ0n) is 25.3. The van der Waals surface area contributed by atoms with Crippen molar-refractivity contribution in [2.45, 2.75) is 137 Å². The first kappa shape index (κ1) is 38.5. The van der Waals surface area contributed by atoms with Crippen molar-refractivity contribution in [2.24, 2.45) is 0 Å². The first-order valence-electron chi connectivity index (χ1n) is 15.0. The van der Waals surface area contributed by atoms with Crippen molar-refractivity contribution >= 4 is 5.91 Å². The Hall–Kier alpha value is -1.29. The molecule has 0 aliphatic carbocycles. The third-order valence-corrected chi connectivity index (χ3v) is 8.57. The maximum atomic E-state index is 11.8. The summed E-state index contributed by atoms with van der Waals surface area (Å²) in [6, 6.07) is -1.44. The Balaban J connectivity index is 1.49. The highest BCUT2D eigenvalue weighted by Gasteiger charge is 2.55. The van der Waals surface area contributed by atoms with Crippen LogP contribution < -0.4 is 5.32 Å². The van der Waals surface area contributed by atoms with Crippen LogP contribution in [0.4, 0.5) is 0 Å². The molecule has 4 fully saturated rings. The van der Waals surface area contributed by atoms with Crippen LogP contribution in [0.1, 0.15) is 13.8 Å². The van der Waals surface area contributed by atoms with Crippen LogP contribution in [0.2, 0.25) is 0 Å². The van der Waals surface area contributed by atoms with E-state index in [1.165, 1.54) is 6.92 Å². The molecule has 0 radical (unpaired) electrons. The zero-order chi connectivity index (χ0) is 34.9. The van der Waals surface area contributed by atoms with Crippen molar-refractivity contribution in [1.29, 1.82) is 0 Å². The van der Waals surface area contributed by atoms with Gasteiger partial charge in [-0.1, -0.05) is 0 Å². The minimum Gasteiger partial charge on any atom is -0.394 e. The summed E-state index contributed by atoms with van der Waals surface area (Å²) in [5.74, 6) is -0.666. The van der Waals surface area contributed by atoms with Crippen molar-refractivity contribution in [2.75, 3.05) is 19.8 Å². The molecule has 0 unspecified atom stereocenters. The fourth-order valence-electron chi connectivity index (χ4n) is 5.88. The molecule has 4 aliphatic heterocycles. The second kappa shape index (κ2) is 16.2. The number of carbonyl (C=O) groups excluding carboxylic acids is 1. The van der Waals surface area contributed by atoms with Crippen LogP contribution in [0, 0.1) is 0 Å². The average Bonchev–Trinajstić information content (AvgIpc) is 3.04. The molecular formula is C26H45NO20. The summed E-state index contributed by atoms with van der Waals surface area (Å²) >= 11 is 0. The largest absolute Gasteiger partial charge is 0.394 e. The van der Waals surface area contributed by atoms with E-state index in [-0.39, 0.29) is 0 Å². The SMILES string of the molecule is CC(=O)N[C@H]1[C@H](O[C@@H]2[C@H](O)[C@@H](O)[C@H](O[C@H]3[C@H](O)[C@@H](O[C@@H]4O[C@@H](C)[C@@H](O)[C@@H](O)[C@@H]4O)[C@H](O)O[C@@H]3CO)O[C@@H]2CO)O[C@H](CO)[C@H](O)[C@@H]1O. The summed E-state index contributed by atoms with van der Waals surface area (Å²) < 4.78 is 38.6. The van der Waals surface area contributed by atoms with Gasteiger partial charge >= 0.3 is 0 Å². The van der Waals surface area contributed by atoms with E-state index in [0.717, 1.165) is 6.92 Å². The quantitative estimate of drug-likeness (QED) is 0.101. The third-order valence-electron chi connectivity index (χ3n) is 8.57. The van der Waals surface area contributed by atoms with E-state index in [4.69, 9.17) is 33.2 Å². The van der Waals surface area contributed by atoms with Crippen LogP contribution in [0.15, 0.2) is 0 Å². The Kier molecular flexibility index (Phi) is 13.2. The standard InChI is InChI=1S/C26H45NO20/c1-6-12(32)15(35)17(37)25(41-6)47-22-19(39)21(9(4-29)42-23(22)40)46-26-18(38)16(36)20(10(5-30)44-26)45-24-11(27-7(2)31)14(34)13(33)8(3-28)43-24/h6,8-26,28-30,32-40H,3-5H2,1-2H3,(H,27,31)/t6-,8+,9+,10+,11+,12+,13-,14+,15+,16+,17-,18+,19-,20-,21+,22+,23+,24-,25-,26-/m0/s1. The minimum absolute atomic E-state index is 0.666. The molecule has 4 aliphatic rings. The van der Waals surface area contributed by atoms with Gasteiger partial charge in [0.2, 0.25) is 5.91 Å². The lowest BCUT2D eigenvalue weighted by Crippen LogP contribution is -2.68. The van der Waals surface area contributed by atoms with Crippen LogP contribution in [-0.4, -0.2) is 210 Å². The van der Waals surface area contributed by atoms with E-state index in [9.17, 15) is 66.1 Å². The van der Waals surface area contributed by atoms with Crippen molar-refractivity contribution in [3.8, 4) is 0 Å². The number of nitrogens with one attached hydrogen (secondary N) is 1. The molecule has 4 heterocycles. The van der Waals surface area contributed by atoms with Crippen LogP contribution in [0.3, 0.4) is 0 Å². The fourth-order valence-corrected chi connectivity index (χ4v) is 5.88. The summed E-state index contributed by atoms with van der Waals surface area (Å²) in [7, 11) is 0. The number of amides is 1. The van der Waals surface area contributed by atoms with Gasteiger partial charge in [-0.25, -0.2) is 0 Å². The maximum absolute atomic E-state index is 11.8. The summed E-state index contributed by atoms with van der Waals surface area (Å²) in [6.45, 7) is -0.0549. The Bertz CT molecular complexity index is 1010. The van der Waals surface area contributed by atoms with Gasteiger partial charge in [0.1, 0.15) is 91.5 Å². The highest BCUT2D eigenvalue weighted by molar-refractivity contribution is 5.73. The molecule has 21 nitrogen and oxygen atoms in total. The smallest absolute Gasteiger partial charge is 0.217 e. The van der Waals surface area contributed by atoms with E-state index >= 15 is 0 Å². The van der Waals surface area contributed by atoms with Gasteiger partial charge in [0.05, 0.1) is 25.9 Å². The highest BCUT2D eigenvalue weighted by atomic mass is 16.8. The highest BCUT2D eigenvalue weighted by Crippen LogP contribution is 2.34. The topological polar surface area (TPSA) is 336 Å². The van der Waals surface area contributed by atoms with Gasteiger partial charge in [0, 0.05) is 6.92 Å². The van der Waals surface area contributed by atoms with E-state index in [0.29, 0.717) is 0 Å². The van der Waals surface area contributed by atoms with Gasteiger partial charge in [-0.05, 0) is 6.92 Å². The number of aliphatic hydroxyl groups excluding tert-OH is 12. The number of carbonyl (C=O) groups is 1. The average molecular weight is 692 g/mol. The number of rotatable bonds is 10. The van der Waals surface area contributed by atoms with Gasteiger partial charge in [0.25, 0.3) is 0 Å². The molecule has 0 spiro atoms. The summed E-state index contributed by atoms with van der Waals surface area (Å²) in [4.78, 5) is 11.8. The van der Waals surface area contributed by atoms with E-state index < -0.39 is 148 Å². The predicted octanol–water partition coefficient (Wildman–Crippen LogP) is -8.58. The maximum Gasteiger partial charge on any atom is 0.217 e. The lowest BCUT2D eigenvalue weighted by atomic mass is 9.95. The van der Waals surface area contributed by atoms with E-state index in [1.807, 2.05) is 0 Å². The third kappa shape index (κ3) is 8.04. The van der Waals surface area contributed by atoms with Crippen molar-refractivity contribution in [3.05, 3.63) is 0 Å². The van der Waals surface area contributed by atoms with Gasteiger partial charge in [0.15, 0.2) is 25.2 Å². The predicted molar refractivity (Wildman–Crippen MR) is 144 cm³/mol. The molecule has 0 aromatic carbocycles. The Morgan fingerprint density at radius 1 is 0.553 bits per heavy atom. The molecule has 0 bridgehead atoms. The molecular weight excluding hydrogens is 646 g/mol. The summed E-state index contributed by atoms with van der Waals surface area (Å²) in [6.07, 6.45) is -32.0. The Labute approximate surface area is 267 Å². The Morgan fingerprint density at radius 3 is 1.64 bits per heavy atom. The summed E-state index contributed by atoms with van der Waals surface area (Å²) in [5, 5.41) is 127. The van der Waals surface area contributed by atoms with Gasteiger partial charge in [-0.2, -0.15) is 0 Å². The second-order valence-electron chi connectivity index (χ2n) is 11.9. The number of aliphatic hydroxyl groups is 12. The second-order valence-corrected chi connectivity index (χ2v) is 11.9. The van der Waals surface area contributed by atoms with Crippen molar-refractivity contribution < 1.29 is 99.2 Å². The Morgan fingerprint density at radius 2 is 1.04 bits per heavy atom. The molecule has 274 valence electrons. The minimum atomic E-state index is -2.02. The van der Waals surface area contributed by atoms with Gasteiger partial charge in [-0.15, -0.1) is 0 Å². The van der Waals surface area contributed by atoms with E-state index in [2.05, 4.69) is 5.32 Å². The first-order chi connectivity index (χ1) is 22.1. The van der Waals surface area contributed by atoms with E-state index in [1.54, 1.807) is 0 Å². The van der Waals surface area contributed by atoms with Gasteiger partial charge < -0.3 is 99.8 Å². The number of hydrogen-bond acceptors (Lipinski definition) is 20. The lowest BCUT2D eigenvalue weighted by Gasteiger charge is -2.49. The number of hydrogen-bond donors (Lipinski definition) is 13. The van der Waals surface area contributed by atoms with Crippen molar-refractivity contribution in [3.63, 3.8) is 0 Å². The molecule has 0 aromatic rings. The molecule has 0 aromatic heterocycles. The molecule has 4 saturated heterocycles. The van der Waals surface area contributed by atoms with Crippen LogP contribution in [0.25, 0.3) is 0 Å². The lowest BCUT2D eigenvalue weighted by molar-refractivity contribution is -0.387. The van der Waals surface area contributed by atoms with Crippen LogP contribution in [0.5, 0.6) is 0 Å². The molecule has 20 atom stereocenters. The fraction of sp³-hybridized carbons (Fsp3) is 0.962. The monoisotopic (exact) mass is 691 g/mol. The molecule has 0 saturated carbocycles. The first-order valence-corrected chi connectivity index (χ1v) is 15.0. The molecule has 47 heavy (non-hydrogen) atoms. The summed E-state index contributed by atoms with van der Waals surface area (Å²) in [5.41, 5.74) is 0. The molecule has 4 rings (SSSR count). The molecule has 21 heteroatoms. The van der Waals surface area contributed by atoms with Crippen LogP contribution >= 0.6 is 0 Å². The number of ether oxygens (including phenoxy) is 7. The zero-order valence-corrected chi connectivity index (χ0v) is 25.3. The van der Waals surface area contributed by atoms with Crippen molar-refractivity contribution in [1.82, 2.24) is 5.32 Å². The normalized spacial score (nSPS) is 51.0.